The molecule has 1 aromatic carbocycles. The number of hydrogen-bond acceptors (Lipinski definition) is 5. The maximum absolute atomic E-state index is 10.6. The van der Waals surface area contributed by atoms with Gasteiger partial charge in [0.05, 0.1) is 17.6 Å². The predicted octanol–water partition coefficient (Wildman–Crippen LogP) is 4.26. The number of fused-ring (bicyclic) bond motifs is 3. The van der Waals surface area contributed by atoms with Gasteiger partial charge in [0.15, 0.2) is 0 Å². The SMILES string of the molecule is Cc1nnn2c1-c1ccc(-c3cnn(C)c3)cc1C(NC1CCCC1)CC2.O=C(O)C(F)(F)F. The van der Waals surface area contributed by atoms with Gasteiger partial charge in [-0.3, -0.25) is 4.68 Å². The molecule has 1 aliphatic heterocycles. The van der Waals surface area contributed by atoms with Crippen LogP contribution >= 0.6 is 0 Å². The largest absolute Gasteiger partial charge is 0.490 e. The van der Waals surface area contributed by atoms with Gasteiger partial charge in [0.25, 0.3) is 0 Å². The first kappa shape index (κ1) is 23.9. The maximum Gasteiger partial charge on any atom is 0.490 e. The lowest BCUT2D eigenvalue weighted by Gasteiger charge is -2.24. The van der Waals surface area contributed by atoms with Gasteiger partial charge in [-0.1, -0.05) is 30.2 Å². The maximum atomic E-state index is 10.6. The number of hydrogen-bond donors (Lipinski definition) is 2. The average Bonchev–Trinajstić information content (AvgIpc) is 3.51. The summed E-state index contributed by atoms with van der Waals surface area (Å²) in [5, 5.41) is 24.2. The molecule has 5 rings (SSSR count). The van der Waals surface area contributed by atoms with Crippen LogP contribution in [0.4, 0.5) is 13.2 Å². The minimum atomic E-state index is -5.08. The Morgan fingerprint density at radius 1 is 1.18 bits per heavy atom. The van der Waals surface area contributed by atoms with Crippen molar-refractivity contribution in [3.63, 3.8) is 0 Å². The smallest absolute Gasteiger partial charge is 0.475 e. The highest BCUT2D eigenvalue weighted by molar-refractivity contribution is 5.74. The summed E-state index contributed by atoms with van der Waals surface area (Å²) in [6.45, 7) is 2.96. The summed E-state index contributed by atoms with van der Waals surface area (Å²) in [7, 11) is 1.96. The highest BCUT2D eigenvalue weighted by Gasteiger charge is 2.38. The number of nitrogens with zero attached hydrogens (tertiary/aromatic N) is 5. The number of aliphatic carboxylic acids is 1. The number of carboxylic acid groups (broad SMARTS) is 1. The van der Waals surface area contributed by atoms with Crippen LogP contribution in [0.5, 0.6) is 0 Å². The molecule has 1 unspecified atom stereocenters. The highest BCUT2D eigenvalue weighted by Crippen LogP contribution is 2.38. The van der Waals surface area contributed by atoms with Crippen molar-refractivity contribution in [3.05, 3.63) is 41.9 Å². The molecule has 0 bridgehead atoms. The highest BCUT2D eigenvalue weighted by atomic mass is 19.4. The standard InChI is InChI=1S/C21H26N6.C2HF3O2/c1-14-21-18-8-7-15(16-12-22-26(2)13-16)11-19(18)20(9-10-27(21)25-24-14)23-17-5-3-4-6-17;3-2(4,5)1(6)7/h7-8,11-13,17,20,23H,3-6,9-10H2,1-2H3;(H,6,7). The quantitative estimate of drug-likeness (QED) is 0.586. The first-order chi connectivity index (χ1) is 16.1. The molecular weight excluding hydrogens is 449 g/mol. The van der Waals surface area contributed by atoms with Crippen LogP contribution in [0, 0.1) is 6.92 Å². The van der Waals surface area contributed by atoms with Crippen molar-refractivity contribution >= 4 is 5.97 Å². The second-order valence-electron chi connectivity index (χ2n) is 8.74. The molecule has 1 atom stereocenters. The Bertz CT molecular complexity index is 1160. The van der Waals surface area contributed by atoms with Crippen molar-refractivity contribution in [1.29, 1.82) is 0 Å². The summed E-state index contributed by atoms with van der Waals surface area (Å²) in [5.41, 5.74) is 7.18. The van der Waals surface area contributed by atoms with Crippen molar-refractivity contribution < 1.29 is 23.1 Å². The van der Waals surface area contributed by atoms with E-state index in [4.69, 9.17) is 9.90 Å². The molecular formula is C23H27F3N6O2. The molecule has 0 radical (unpaired) electrons. The minimum absolute atomic E-state index is 0.348. The third-order valence-corrected chi connectivity index (χ3v) is 6.29. The molecule has 0 amide bonds. The summed E-state index contributed by atoms with van der Waals surface area (Å²) in [4.78, 5) is 8.90. The van der Waals surface area contributed by atoms with Gasteiger partial charge in [0.2, 0.25) is 0 Å². The van der Waals surface area contributed by atoms with E-state index in [1.54, 1.807) is 0 Å². The molecule has 2 aromatic heterocycles. The first-order valence-electron chi connectivity index (χ1n) is 11.2. The summed E-state index contributed by atoms with van der Waals surface area (Å²) in [5.74, 6) is -2.76. The van der Waals surface area contributed by atoms with E-state index in [0.717, 1.165) is 24.2 Å². The monoisotopic (exact) mass is 476 g/mol. The number of carbonyl (C=O) groups is 1. The number of rotatable bonds is 3. The van der Waals surface area contributed by atoms with E-state index in [1.165, 1.54) is 48.1 Å². The fourth-order valence-corrected chi connectivity index (χ4v) is 4.66. The van der Waals surface area contributed by atoms with Gasteiger partial charge in [-0.15, -0.1) is 5.10 Å². The van der Waals surface area contributed by atoms with Gasteiger partial charge >= 0.3 is 12.1 Å². The number of benzene rings is 1. The van der Waals surface area contributed by atoms with E-state index >= 15 is 0 Å². The molecule has 1 saturated carbocycles. The summed E-state index contributed by atoms with van der Waals surface area (Å²) >= 11 is 0. The van der Waals surface area contributed by atoms with Crippen molar-refractivity contribution in [1.82, 2.24) is 30.1 Å². The van der Waals surface area contributed by atoms with Crippen molar-refractivity contribution in [2.45, 2.75) is 63.8 Å². The molecule has 182 valence electrons. The van der Waals surface area contributed by atoms with Gasteiger partial charge in [-0.2, -0.15) is 18.3 Å². The van der Waals surface area contributed by atoms with Crippen LogP contribution in [-0.2, 0) is 18.4 Å². The lowest BCUT2D eigenvalue weighted by molar-refractivity contribution is -0.192. The Kier molecular flexibility index (Phi) is 6.74. The molecule has 3 heterocycles. The van der Waals surface area contributed by atoms with Crippen LogP contribution in [-0.4, -0.2) is 48.1 Å². The molecule has 8 nitrogen and oxygen atoms in total. The van der Waals surface area contributed by atoms with Crippen molar-refractivity contribution in [2.75, 3.05) is 0 Å². The van der Waals surface area contributed by atoms with Crippen molar-refractivity contribution in [3.8, 4) is 22.4 Å². The molecule has 1 fully saturated rings. The van der Waals surface area contributed by atoms with Gasteiger partial charge in [0.1, 0.15) is 0 Å². The number of alkyl halides is 3. The molecule has 3 aromatic rings. The third kappa shape index (κ3) is 5.14. The Balaban J connectivity index is 0.000000344. The zero-order valence-electron chi connectivity index (χ0n) is 19.0. The van der Waals surface area contributed by atoms with Crippen molar-refractivity contribution in [2.24, 2.45) is 7.05 Å². The number of halogens is 3. The van der Waals surface area contributed by atoms with Gasteiger partial charge in [0, 0.05) is 43.0 Å². The fourth-order valence-electron chi connectivity index (χ4n) is 4.66. The van der Waals surface area contributed by atoms with E-state index in [-0.39, 0.29) is 0 Å². The Morgan fingerprint density at radius 2 is 1.88 bits per heavy atom. The van der Waals surface area contributed by atoms with Crippen LogP contribution < -0.4 is 5.32 Å². The molecule has 34 heavy (non-hydrogen) atoms. The summed E-state index contributed by atoms with van der Waals surface area (Å²) in [6, 6.07) is 7.77. The molecule has 0 spiro atoms. The zero-order chi connectivity index (χ0) is 24.5. The second-order valence-corrected chi connectivity index (χ2v) is 8.74. The van der Waals surface area contributed by atoms with Gasteiger partial charge in [-0.25, -0.2) is 9.48 Å². The van der Waals surface area contributed by atoms with E-state index < -0.39 is 12.1 Å². The Morgan fingerprint density at radius 3 is 2.50 bits per heavy atom. The summed E-state index contributed by atoms with van der Waals surface area (Å²) in [6.07, 6.45) is 5.24. The molecule has 11 heteroatoms. The van der Waals surface area contributed by atoms with Crippen LogP contribution in [0.3, 0.4) is 0 Å². The lowest BCUT2D eigenvalue weighted by Crippen LogP contribution is -2.31. The molecule has 2 N–H and O–H groups in total. The topological polar surface area (TPSA) is 97.9 Å². The second kappa shape index (κ2) is 9.57. The molecule has 1 aliphatic carbocycles. The summed E-state index contributed by atoms with van der Waals surface area (Å²) < 4.78 is 35.7. The van der Waals surface area contributed by atoms with Gasteiger partial charge < -0.3 is 10.4 Å². The lowest BCUT2D eigenvalue weighted by atomic mass is 9.92. The first-order valence-corrected chi connectivity index (χ1v) is 11.2. The van der Waals surface area contributed by atoms with E-state index in [0.29, 0.717) is 12.1 Å². The number of nitrogens with one attached hydrogen (secondary N) is 1. The normalized spacial score (nSPS) is 18.0. The van der Waals surface area contributed by atoms with E-state index in [9.17, 15) is 13.2 Å². The molecule has 0 saturated heterocycles. The average molecular weight is 477 g/mol. The third-order valence-electron chi connectivity index (χ3n) is 6.29. The Hall–Kier alpha value is -3.21. The van der Waals surface area contributed by atoms with Crippen LogP contribution in [0.15, 0.2) is 30.6 Å². The number of carboxylic acids is 1. The van der Waals surface area contributed by atoms with E-state index in [1.807, 2.05) is 17.9 Å². The number of aromatic nitrogens is 5. The van der Waals surface area contributed by atoms with E-state index in [2.05, 4.69) is 56.7 Å². The fraction of sp³-hybridized carbons (Fsp3) is 0.478. The molecule has 2 aliphatic rings. The van der Waals surface area contributed by atoms with Gasteiger partial charge in [-0.05, 0) is 43.4 Å². The predicted molar refractivity (Wildman–Crippen MR) is 119 cm³/mol. The Labute approximate surface area is 194 Å². The van der Waals surface area contributed by atoms with Crippen LogP contribution in [0.1, 0.15) is 49.4 Å². The zero-order valence-corrected chi connectivity index (χ0v) is 19.0. The van der Waals surface area contributed by atoms with Crippen LogP contribution in [0.2, 0.25) is 0 Å². The minimum Gasteiger partial charge on any atom is -0.475 e. The van der Waals surface area contributed by atoms with Crippen LogP contribution in [0.25, 0.3) is 22.4 Å². The number of aryl methyl sites for hydroxylation is 3.